The normalized spacial score (nSPS) is 15.9. The third kappa shape index (κ3) is 3.70. The number of hydrogen-bond acceptors (Lipinski definition) is 3. The Kier molecular flexibility index (Phi) is 5.79. The lowest BCUT2D eigenvalue weighted by atomic mass is 10.2. The average molecular weight is 434 g/mol. The van der Waals surface area contributed by atoms with Crippen LogP contribution in [0.4, 0.5) is 0 Å². The fourth-order valence-electron chi connectivity index (χ4n) is 2.76. The second kappa shape index (κ2) is 7.74. The molecule has 0 bridgehead atoms. The highest BCUT2D eigenvalue weighted by Gasteiger charge is 2.32. The number of nitrogens with zero attached hydrogens (tertiary/aromatic N) is 2. The first-order valence-electron chi connectivity index (χ1n) is 7.80. The molecule has 2 aromatic rings. The van der Waals surface area contributed by atoms with E-state index in [1.807, 2.05) is 0 Å². The van der Waals surface area contributed by atoms with Crippen molar-refractivity contribution in [3.63, 3.8) is 0 Å². The summed E-state index contributed by atoms with van der Waals surface area (Å²) in [7, 11) is -3.71. The van der Waals surface area contributed by atoms with E-state index in [2.05, 4.69) is 0 Å². The summed E-state index contributed by atoms with van der Waals surface area (Å²) in [4.78, 5) is 14.3. The van der Waals surface area contributed by atoms with Gasteiger partial charge in [-0.15, -0.1) is 0 Å². The van der Waals surface area contributed by atoms with E-state index in [0.29, 0.717) is 10.6 Å². The van der Waals surface area contributed by atoms with Gasteiger partial charge in [0.25, 0.3) is 5.91 Å². The molecule has 1 aliphatic heterocycles. The molecule has 138 valence electrons. The van der Waals surface area contributed by atoms with Crippen LogP contribution in [-0.2, 0) is 10.0 Å². The summed E-state index contributed by atoms with van der Waals surface area (Å²) < 4.78 is 26.8. The van der Waals surface area contributed by atoms with Crippen molar-refractivity contribution in [3.8, 4) is 0 Å². The number of carbonyl (C=O) groups is 1. The van der Waals surface area contributed by atoms with E-state index < -0.39 is 10.0 Å². The van der Waals surface area contributed by atoms with Crippen LogP contribution in [0.15, 0.2) is 47.4 Å². The standard InChI is InChI=1S/C17H15Cl3N2O3S/c18-13-5-1-2-7-15(13)26(24,25)22-10-8-21(9-11-22)17(23)12-4-3-6-14(19)16(12)20/h1-7H,8-11H2. The minimum Gasteiger partial charge on any atom is -0.336 e. The van der Waals surface area contributed by atoms with Gasteiger partial charge in [0.1, 0.15) is 4.90 Å². The lowest BCUT2D eigenvalue weighted by molar-refractivity contribution is 0.0698. The van der Waals surface area contributed by atoms with Gasteiger partial charge in [-0.3, -0.25) is 4.79 Å². The minimum atomic E-state index is -3.71. The molecule has 26 heavy (non-hydrogen) atoms. The predicted molar refractivity (Wildman–Crippen MR) is 103 cm³/mol. The first-order chi connectivity index (χ1) is 12.3. The third-order valence-electron chi connectivity index (χ3n) is 4.16. The van der Waals surface area contributed by atoms with Gasteiger partial charge in [0.2, 0.25) is 10.0 Å². The Morgan fingerprint density at radius 3 is 2.12 bits per heavy atom. The molecule has 0 atom stereocenters. The molecule has 0 spiro atoms. The van der Waals surface area contributed by atoms with Crippen LogP contribution in [-0.4, -0.2) is 49.7 Å². The van der Waals surface area contributed by atoms with Gasteiger partial charge in [-0.1, -0.05) is 53.0 Å². The predicted octanol–water partition coefficient (Wildman–Crippen LogP) is 3.79. The molecule has 0 radical (unpaired) electrons. The molecule has 0 saturated carbocycles. The molecule has 0 unspecified atom stereocenters. The summed E-state index contributed by atoms with van der Waals surface area (Å²) in [5, 5.41) is 0.680. The van der Waals surface area contributed by atoms with Crippen molar-refractivity contribution >= 4 is 50.7 Å². The Bertz CT molecular complexity index is 942. The SMILES string of the molecule is O=C(c1cccc(Cl)c1Cl)N1CCN(S(=O)(=O)c2ccccc2Cl)CC1. The first kappa shape index (κ1) is 19.5. The summed E-state index contributed by atoms with van der Waals surface area (Å²) in [6.45, 7) is 0.867. The number of sulfonamides is 1. The minimum absolute atomic E-state index is 0.0688. The van der Waals surface area contributed by atoms with Gasteiger partial charge in [0.05, 0.1) is 20.6 Å². The number of carbonyl (C=O) groups excluding carboxylic acids is 1. The number of benzene rings is 2. The Morgan fingerprint density at radius 2 is 1.46 bits per heavy atom. The van der Waals surface area contributed by atoms with Crippen LogP contribution in [0.1, 0.15) is 10.4 Å². The molecule has 1 aliphatic rings. The van der Waals surface area contributed by atoms with Crippen molar-refractivity contribution in [1.29, 1.82) is 0 Å². The summed E-state index contributed by atoms with van der Waals surface area (Å²) in [6.07, 6.45) is 0. The number of hydrogen-bond donors (Lipinski definition) is 0. The van der Waals surface area contributed by atoms with E-state index in [9.17, 15) is 13.2 Å². The Morgan fingerprint density at radius 1 is 0.846 bits per heavy atom. The Labute approximate surface area is 167 Å². The average Bonchev–Trinajstić information content (AvgIpc) is 2.64. The molecule has 1 amide bonds. The number of amides is 1. The van der Waals surface area contributed by atoms with Crippen molar-refractivity contribution in [2.75, 3.05) is 26.2 Å². The molecule has 1 heterocycles. The molecule has 9 heteroatoms. The second-order valence-corrected chi connectivity index (χ2v) is 8.83. The maximum atomic E-state index is 12.8. The van der Waals surface area contributed by atoms with Gasteiger partial charge >= 0.3 is 0 Å². The summed E-state index contributed by atoms with van der Waals surface area (Å²) in [6, 6.07) is 11.2. The number of halogens is 3. The molecule has 5 nitrogen and oxygen atoms in total. The number of rotatable bonds is 3. The zero-order valence-electron chi connectivity index (χ0n) is 13.5. The van der Waals surface area contributed by atoms with Crippen molar-refractivity contribution in [2.24, 2.45) is 0 Å². The molecule has 0 N–H and O–H groups in total. The van der Waals surface area contributed by atoms with E-state index in [0.717, 1.165) is 0 Å². The zero-order chi connectivity index (χ0) is 18.9. The Balaban J connectivity index is 1.74. The highest BCUT2D eigenvalue weighted by atomic mass is 35.5. The first-order valence-corrected chi connectivity index (χ1v) is 10.4. The van der Waals surface area contributed by atoms with E-state index >= 15 is 0 Å². The lowest BCUT2D eigenvalue weighted by Crippen LogP contribution is -2.50. The molecule has 2 aromatic carbocycles. The van der Waals surface area contributed by atoms with Crippen LogP contribution in [0.5, 0.6) is 0 Å². The van der Waals surface area contributed by atoms with Gasteiger partial charge in [0.15, 0.2) is 0 Å². The smallest absolute Gasteiger partial charge is 0.255 e. The van der Waals surface area contributed by atoms with Crippen LogP contribution < -0.4 is 0 Å². The summed E-state index contributed by atoms with van der Waals surface area (Å²) in [5.41, 5.74) is 0.307. The highest BCUT2D eigenvalue weighted by molar-refractivity contribution is 7.89. The molecule has 0 aliphatic carbocycles. The molecular formula is C17H15Cl3N2O3S. The monoisotopic (exact) mass is 432 g/mol. The molecular weight excluding hydrogens is 419 g/mol. The van der Waals surface area contributed by atoms with Gasteiger partial charge in [0, 0.05) is 26.2 Å². The Hall–Kier alpha value is -1.31. The zero-order valence-corrected chi connectivity index (χ0v) is 16.6. The van der Waals surface area contributed by atoms with Crippen LogP contribution in [0.3, 0.4) is 0 Å². The summed E-state index contributed by atoms with van der Waals surface area (Å²) >= 11 is 18.1. The summed E-state index contributed by atoms with van der Waals surface area (Å²) in [5.74, 6) is -0.271. The molecule has 1 saturated heterocycles. The fraction of sp³-hybridized carbons (Fsp3) is 0.235. The third-order valence-corrected chi connectivity index (χ3v) is 7.38. The van der Waals surface area contributed by atoms with Crippen LogP contribution in [0.2, 0.25) is 15.1 Å². The van der Waals surface area contributed by atoms with Crippen LogP contribution in [0.25, 0.3) is 0 Å². The second-order valence-electron chi connectivity index (χ2n) is 5.73. The van der Waals surface area contributed by atoms with E-state index in [1.165, 1.54) is 16.4 Å². The quantitative estimate of drug-likeness (QED) is 0.740. The van der Waals surface area contributed by atoms with Crippen molar-refractivity contribution in [1.82, 2.24) is 9.21 Å². The van der Waals surface area contributed by atoms with E-state index in [1.54, 1.807) is 35.2 Å². The van der Waals surface area contributed by atoms with Crippen molar-refractivity contribution in [2.45, 2.75) is 4.90 Å². The topological polar surface area (TPSA) is 57.7 Å². The largest absolute Gasteiger partial charge is 0.336 e. The number of piperazine rings is 1. The highest BCUT2D eigenvalue weighted by Crippen LogP contribution is 2.28. The molecule has 0 aromatic heterocycles. The maximum Gasteiger partial charge on any atom is 0.255 e. The molecule has 1 fully saturated rings. The lowest BCUT2D eigenvalue weighted by Gasteiger charge is -2.34. The van der Waals surface area contributed by atoms with Crippen LogP contribution in [0, 0.1) is 0 Å². The fourth-order valence-corrected chi connectivity index (χ4v) is 5.06. The van der Waals surface area contributed by atoms with Gasteiger partial charge in [-0.25, -0.2) is 8.42 Å². The van der Waals surface area contributed by atoms with Crippen molar-refractivity contribution < 1.29 is 13.2 Å². The van der Waals surface area contributed by atoms with E-state index in [-0.39, 0.29) is 47.0 Å². The van der Waals surface area contributed by atoms with E-state index in [4.69, 9.17) is 34.8 Å². The van der Waals surface area contributed by atoms with Crippen molar-refractivity contribution in [3.05, 3.63) is 63.1 Å². The van der Waals surface area contributed by atoms with Gasteiger partial charge in [-0.2, -0.15) is 4.31 Å². The molecule has 3 rings (SSSR count). The maximum absolute atomic E-state index is 12.8. The van der Waals surface area contributed by atoms with Crippen LogP contribution >= 0.6 is 34.8 Å². The van der Waals surface area contributed by atoms with Gasteiger partial charge in [-0.05, 0) is 24.3 Å². The van der Waals surface area contributed by atoms with Gasteiger partial charge < -0.3 is 4.90 Å².